The topological polar surface area (TPSA) is 79.5 Å². The third-order valence-corrected chi connectivity index (χ3v) is 4.35. The number of anilines is 3. The maximum absolute atomic E-state index is 12.2. The Morgan fingerprint density at radius 3 is 2.10 bits per heavy atom. The van der Waals surface area contributed by atoms with Gasteiger partial charge >= 0.3 is 0 Å². The molecule has 0 atom stereocenters. The van der Waals surface area contributed by atoms with Gasteiger partial charge in [-0.15, -0.1) is 0 Å². The third-order valence-electron chi connectivity index (χ3n) is 4.35. The van der Waals surface area contributed by atoms with Gasteiger partial charge in [0.05, 0.1) is 0 Å². The van der Waals surface area contributed by atoms with Gasteiger partial charge in [-0.3, -0.25) is 9.59 Å². The zero-order valence-corrected chi connectivity index (χ0v) is 17.1. The molecule has 3 rings (SSSR count). The van der Waals surface area contributed by atoms with Crippen LogP contribution in [0.3, 0.4) is 0 Å². The number of benzene rings is 3. The second-order valence-electron chi connectivity index (χ2n) is 6.92. The normalized spacial score (nSPS) is 10.2. The van der Waals surface area contributed by atoms with Crippen LogP contribution in [0.1, 0.15) is 18.1 Å². The van der Waals surface area contributed by atoms with Crippen molar-refractivity contribution in [3.8, 4) is 5.75 Å². The van der Waals surface area contributed by atoms with Crippen LogP contribution < -0.4 is 20.7 Å². The molecule has 3 aromatic carbocycles. The lowest BCUT2D eigenvalue weighted by atomic mass is 10.2. The Morgan fingerprint density at radius 1 is 0.800 bits per heavy atom. The molecule has 154 valence electrons. The van der Waals surface area contributed by atoms with Gasteiger partial charge in [-0.05, 0) is 49.4 Å². The fraction of sp³-hybridized carbons (Fsp3) is 0.167. The summed E-state index contributed by atoms with van der Waals surface area (Å²) >= 11 is 0. The summed E-state index contributed by atoms with van der Waals surface area (Å²) in [5.74, 6) is 0.335. The highest BCUT2D eigenvalue weighted by atomic mass is 16.5. The van der Waals surface area contributed by atoms with E-state index < -0.39 is 0 Å². The molecule has 30 heavy (non-hydrogen) atoms. The van der Waals surface area contributed by atoms with E-state index in [0.717, 1.165) is 28.2 Å². The highest BCUT2D eigenvalue weighted by Gasteiger charge is 2.07. The number of aryl methyl sites for hydroxylation is 1. The number of hydrogen-bond donors (Lipinski definition) is 3. The average Bonchev–Trinajstić information content (AvgIpc) is 2.73. The van der Waals surface area contributed by atoms with Crippen molar-refractivity contribution in [1.29, 1.82) is 0 Å². The molecule has 0 bridgehead atoms. The molecule has 0 saturated carbocycles. The Labute approximate surface area is 176 Å². The van der Waals surface area contributed by atoms with Gasteiger partial charge < -0.3 is 20.7 Å². The molecule has 0 aliphatic heterocycles. The molecule has 0 aromatic heterocycles. The van der Waals surface area contributed by atoms with E-state index >= 15 is 0 Å². The fourth-order valence-electron chi connectivity index (χ4n) is 2.84. The van der Waals surface area contributed by atoms with Crippen LogP contribution in [0.15, 0.2) is 72.8 Å². The molecule has 6 heteroatoms. The van der Waals surface area contributed by atoms with Crippen molar-refractivity contribution in [2.75, 3.05) is 22.6 Å². The maximum atomic E-state index is 12.2. The number of para-hydroxylation sites is 1. The molecule has 0 saturated heterocycles. The van der Waals surface area contributed by atoms with Gasteiger partial charge in [-0.25, -0.2) is 0 Å². The number of nitrogens with one attached hydrogen (secondary N) is 3. The molecule has 3 N–H and O–H groups in total. The quantitative estimate of drug-likeness (QED) is 0.514. The summed E-state index contributed by atoms with van der Waals surface area (Å²) in [5.41, 5.74) is 4.47. The molecule has 0 heterocycles. The molecular formula is C24H25N3O3. The summed E-state index contributed by atoms with van der Waals surface area (Å²) in [4.78, 5) is 23.3. The van der Waals surface area contributed by atoms with Gasteiger partial charge in [-0.1, -0.05) is 35.9 Å². The zero-order chi connectivity index (χ0) is 21.3. The molecule has 2 amide bonds. The fourth-order valence-corrected chi connectivity index (χ4v) is 2.84. The van der Waals surface area contributed by atoms with E-state index in [1.807, 2.05) is 79.7 Å². The van der Waals surface area contributed by atoms with Crippen molar-refractivity contribution in [3.05, 3.63) is 83.9 Å². The summed E-state index contributed by atoms with van der Waals surface area (Å²) in [7, 11) is 0. The second kappa shape index (κ2) is 10.1. The predicted octanol–water partition coefficient (Wildman–Crippen LogP) is 4.58. The number of carbonyl (C=O) groups is 2. The predicted molar refractivity (Wildman–Crippen MR) is 120 cm³/mol. The Balaban J connectivity index is 1.54. The Morgan fingerprint density at radius 2 is 1.40 bits per heavy atom. The van der Waals surface area contributed by atoms with E-state index in [-0.39, 0.29) is 18.4 Å². The van der Waals surface area contributed by atoms with Gasteiger partial charge in [0.15, 0.2) is 6.61 Å². The van der Waals surface area contributed by atoms with Gasteiger partial charge in [0.1, 0.15) is 5.75 Å². The van der Waals surface area contributed by atoms with Gasteiger partial charge in [0, 0.05) is 36.1 Å². The molecule has 3 aromatic rings. The zero-order valence-electron chi connectivity index (χ0n) is 17.1. The van der Waals surface area contributed by atoms with Crippen molar-refractivity contribution >= 4 is 28.9 Å². The summed E-state index contributed by atoms with van der Waals surface area (Å²) in [6.07, 6.45) is 0. The highest BCUT2D eigenvalue weighted by Crippen LogP contribution is 2.21. The molecule has 6 nitrogen and oxygen atoms in total. The number of amides is 2. The molecule has 0 radical (unpaired) electrons. The molecule has 0 spiro atoms. The monoisotopic (exact) mass is 403 g/mol. The third kappa shape index (κ3) is 6.38. The van der Waals surface area contributed by atoms with Crippen LogP contribution in [0, 0.1) is 6.92 Å². The van der Waals surface area contributed by atoms with Crippen LogP contribution >= 0.6 is 0 Å². The summed E-state index contributed by atoms with van der Waals surface area (Å²) < 4.78 is 5.75. The Bertz CT molecular complexity index is 999. The maximum Gasteiger partial charge on any atom is 0.262 e. The summed E-state index contributed by atoms with van der Waals surface area (Å²) in [5, 5.41) is 8.88. The first-order valence-electron chi connectivity index (χ1n) is 9.68. The molecule has 0 fully saturated rings. The molecule has 0 aliphatic rings. The highest BCUT2D eigenvalue weighted by molar-refractivity contribution is 5.92. The minimum Gasteiger partial charge on any atom is -0.483 e. The number of ether oxygens (including phenoxy) is 1. The van der Waals surface area contributed by atoms with Crippen LogP contribution in [0.4, 0.5) is 17.1 Å². The Hall–Kier alpha value is -3.80. The largest absolute Gasteiger partial charge is 0.483 e. The first-order valence-corrected chi connectivity index (χ1v) is 9.68. The van der Waals surface area contributed by atoms with Crippen LogP contribution in [0.25, 0.3) is 0 Å². The van der Waals surface area contributed by atoms with Crippen LogP contribution in [0.5, 0.6) is 5.75 Å². The lowest BCUT2D eigenvalue weighted by Gasteiger charge is -2.13. The van der Waals surface area contributed by atoms with Crippen molar-refractivity contribution in [2.45, 2.75) is 20.4 Å². The van der Waals surface area contributed by atoms with Crippen LogP contribution in [-0.4, -0.2) is 18.4 Å². The number of carbonyl (C=O) groups excluding carboxylic acids is 2. The molecule has 0 unspecified atom stereocenters. The number of rotatable bonds is 8. The SMILES string of the molecule is CC(=O)Nc1ccc(NCc2ccccc2OCC(=O)Nc2ccc(C)cc2)cc1. The lowest BCUT2D eigenvalue weighted by Crippen LogP contribution is -2.20. The van der Waals surface area contributed by atoms with E-state index in [2.05, 4.69) is 16.0 Å². The molecule has 0 aliphatic carbocycles. The standard InChI is InChI=1S/C24H25N3O3/c1-17-7-9-22(10-8-17)27-24(29)16-30-23-6-4-3-5-19(23)15-25-20-11-13-21(14-12-20)26-18(2)28/h3-14,25H,15-16H2,1-2H3,(H,26,28)(H,27,29). The molecular weight excluding hydrogens is 378 g/mol. The van der Waals surface area contributed by atoms with E-state index in [0.29, 0.717) is 12.3 Å². The van der Waals surface area contributed by atoms with E-state index in [1.165, 1.54) is 6.92 Å². The van der Waals surface area contributed by atoms with E-state index in [1.54, 1.807) is 0 Å². The minimum absolute atomic E-state index is 0.0731. The summed E-state index contributed by atoms with van der Waals surface area (Å²) in [6, 6.07) is 22.7. The van der Waals surface area contributed by atoms with Gasteiger partial charge in [0.2, 0.25) is 5.91 Å². The Kier molecular flexibility index (Phi) is 7.05. The van der Waals surface area contributed by atoms with Crippen LogP contribution in [-0.2, 0) is 16.1 Å². The first kappa shape index (κ1) is 20.9. The van der Waals surface area contributed by atoms with Gasteiger partial charge in [0.25, 0.3) is 5.91 Å². The summed E-state index contributed by atoms with van der Waals surface area (Å²) in [6.45, 7) is 3.94. The van der Waals surface area contributed by atoms with Crippen molar-refractivity contribution in [1.82, 2.24) is 0 Å². The van der Waals surface area contributed by atoms with Crippen LogP contribution in [0.2, 0.25) is 0 Å². The lowest BCUT2D eigenvalue weighted by molar-refractivity contribution is -0.118. The second-order valence-corrected chi connectivity index (χ2v) is 6.92. The first-order chi connectivity index (χ1) is 14.5. The average molecular weight is 403 g/mol. The van der Waals surface area contributed by atoms with Crippen molar-refractivity contribution in [2.24, 2.45) is 0 Å². The minimum atomic E-state index is -0.213. The van der Waals surface area contributed by atoms with E-state index in [4.69, 9.17) is 4.74 Å². The van der Waals surface area contributed by atoms with E-state index in [9.17, 15) is 9.59 Å². The van der Waals surface area contributed by atoms with Crippen molar-refractivity contribution in [3.63, 3.8) is 0 Å². The smallest absolute Gasteiger partial charge is 0.262 e. The van der Waals surface area contributed by atoms with Crippen molar-refractivity contribution < 1.29 is 14.3 Å². The van der Waals surface area contributed by atoms with Gasteiger partial charge in [-0.2, -0.15) is 0 Å². The number of hydrogen-bond acceptors (Lipinski definition) is 4.